The Morgan fingerprint density at radius 2 is 1.93 bits per heavy atom. The molecular formula is C24H28N2O3. The van der Waals surface area contributed by atoms with E-state index < -0.39 is 0 Å². The number of aryl methyl sites for hydroxylation is 1. The van der Waals surface area contributed by atoms with Gasteiger partial charge in [0, 0.05) is 30.6 Å². The zero-order valence-corrected chi connectivity index (χ0v) is 17.4. The fourth-order valence-electron chi connectivity index (χ4n) is 3.92. The Kier molecular flexibility index (Phi) is 5.86. The van der Waals surface area contributed by atoms with Gasteiger partial charge in [-0.25, -0.2) is 4.98 Å². The first-order valence-electron chi connectivity index (χ1n) is 10.2. The highest BCUT2D eigenvalue weighted by Crippen LogP contribution is 2.29. The lowest BCUT2D eigenvalue weighted by Crippen LogP contribution is -2.28. The summed E-state index contributed by atoms with van der Waals surface area (Å²) in [7, 11) is 3.33. The molecule has 1 aliphatic heterocycles. The van der Waals surface area contributed by atoms with E-state index in [9.17, 15) is 0 Å². The first kappa shape index (κ1) is 19.5. The predicted octanol–water partition coefficient (Wildman–Crippen LogP) is 4.25. The number of para-hydroxylation sites is 1. The Morgan fingerprint density at radius 1 is 1.07 bits per heavy atom. The topological polar surface area (TPSA) is 43.8 Å². The maximum atomic E-state index is 6.02. The number of hydrogen-bond donors (Lipinski definition) is 0. The number of aromatic nitrogens is 1. The molecule has 0 bridgehead atoms. The minimum atomic E-state index is 0.658. The molecule has 0 N–H and O–H groups in total. The molecule has 0 amide bonds. The fourth-order valence-corrected chi connectivity index (χ4v) is 3.92. The van der Waals surface area contributed by atoms with Crippen molar-refractivity contribution in [1.82, 2.24) is 9.88 Å². The molecule has 0 unspecified atom stereocenters. The maximum absolute atomic E-state index is 6.02. The lowest BCUT2D eigenvalue weighted by Gasteiger charge is -2.19. The normalized spacial score (nSPS) is 14.2. The summed E-state index contributed by atoms with van der Waals surface area (Å²) in [5, 5.41) is 1.19. The van der Waals surface area contributed by atoms with Gasteiger partial charge in [0.1, 0.15) is 6.61 Å². The van der Waals surface area contributed by atoms with Crippen molar-refractivity contribution in [3.8, 4) is 17.4 Å². The van der Waals surface area contributed by atoms with Gasteiger partial charge in [0.15, 0.2) is 11.5 Å². The third-order valence-corrected chi connectivity index (χ3v) is 5.55. The van der Waals surface area contributed by atoms with Crippen LogP contribution >= 0.6 is 0 Å². The Hall–Kier alpha value is -2.79. The number of nitrogens with zero attached hydrogens (tertiary/aromatic N) is 2. The van der Waals surface area contributed by atoms with Gasteiger partial charge < -0.3 is 14.2 Å². The van der Waals surface area contributed by atoms with Crippen molar-refractivity contribution < 1.29 is 14.2 Å². The van der Waals surface area contributed by atoms with E-state index in [4.69, 9.17) is 19.2 Å². The van der Waals surface area contributed by atoms with Crippen LogP contribution in [0, 0.1) is 0 Å². The van der Waals surface area contributed by atoms with Crippen molar-refractivity contribution >= 4 is 10.9 Å². The first-order valence-corrected chi connectivity index (χ1v) is 10.2. The third-order valence-electron chi connectivity index (χ3n) is 5.55. The summed E-state index contributed by atoms with van der Waals surface area (Å²) in [6.45, 7) is 5.51. The number of benzene rings is 2. The fraction of sp³-hybridized carbons (Fsp3) is 0.375. The lowest BCUT2D eigenvalue weighted by atomic mass is 10.1. The van der Waals surface area contributed by atoms with Crippen LogP contribution in [0.1, 0.15) is 23.6 Å². The van der Waals surface area contributed by atoms with E-state index in [1.807, 2.05) is 6.07 Å². The van der Waals surface area contributed by atoms with Gasteiger partial charge in [-0.2, -0.15) is 0 Å². The second kappa shape index (κ2) is 8.70. The minimum Gasteiger partial charge on any atom is -0.493 e. The summed E-state index contributed by atoms with van der Waals surface area (Å²) in [5.74, 6) is 2.32. The standard InChI is InChI=1S/C24H28N2O3/c1-4-18-6-5-7-19-15-20-16-26(12-13-29-24(20)25-23(18)19)11-10-17-8-9-21(27-2)22(14-17)28-3/h5-9,14-15H,4,10-13,16H2,1-3H3. The smallest absolute Gasteiger partial charge is 0.218 e. The number of pyridine rings is 1. The molecule has 5 nitrogen and oxygen atoms in total. The molecule has 1 aromatic heterocycles. The Balaban J connectivity index is 1.51. The molecule has 29 heavy (non-hydrogen) atoms. The van der Waals surface area contributed by atoms with Crippen LogP contribution in [-0.4, -0.2) is 43.8 Å². The zero-order chi connectivity index (χ0) is 20.2. The van der Waals surface area contributed by atoms with Crippen LogP contribution in [0.15, 0.2) is 42.5 Å². The van der Waals surface area contributed by atoms with Gasteiger partial charge in [0.05, 0.1) is 19.7 Å². The molecule has 5 heteroatoms. The number of fused-ring (bicyclic) bond motifs is 2. The average Bonchev–Trinajstić information content (AvgIpc) is 2.96. The van der Waals surface area contributed by atoms with Crippen LogP contribution in [0.25, 0.3) is 10.9 Å². The molecule has 152 valence electrons. The average molecular weight is 392 g/mol. The van der Waals surface area contributed by atoms with Crippen molar-refractivity contribution in [3.05, 3.63) is 59.2 Å². The van der Waals surface area contributed by atoms with E-state index >= 15 is 0 Å². The molecule has 0 fully saturated rings. The molecule has 0 atom stereocenters. The van der Waals surface area contributed by atoms with E-state index in [2.05, 4.69) is 48.2 Å². The molecule has 2 aromatic carbocycles. The summed E-state index contributed by atoms with van der Waals surface area (Å²) in [5.41, 5.74) is 4.73. The molecular weight excluding hydrogens is 364 g/mol. The molecule has 0 saturated heterocycles. The van der Waals surface area contributed by atoms with E-state index in [0.717, 1.165) is 60.9 Å². The van der Waals surface area contributed by atoms with Crippen LogP contribution in [-0.2, 0) is 19.4 Å². The maximum Gasteiger partial charge on any atom is 0.218 e. The Morgan fingerprint density at radius 3 is 2.72 bits per heavy atom. The molecule has 2 heterocycles. The third kappa shape index (κ3) is 4.15. The monoisotopic (exact) mass is 392 g/mol. The van der Waals surface area contributed by atoms with E-state index in [1.165, 1.54) is 16.5 Å². The summed E-state index contributed by atoms with van der Waals surface area (Å²) >= 11 is 0. The summed E-state index contributed by atoms with van der Waals surface area (Å²) in [6, 6.07) is 14.8. The number of methoxy groups -OCH3 is 2. The van der Waals surface area contributed by atoms with Crippen LogP contribution < -0.4 is 14.2 Å². The number of ether oxygens (including phenoxy) is 3. The Bertz CT molecular complexity index is 1000. The van der Waals surface area contributed by atoms with Crippen LogP contribution in [0.2, 0.25) is 0 Å². The molecule has 0 spiro atoms. The molecule has 3 aromatic rings. The van der Waals surface area contributed by atoms with E-state index in [-0.39, 0.29) is 0 Å². The van der Waals surface area contributed by atoms with Crippen LogP contribution in [0.4, 0.5) is 0 Å². The summed E-state index contributed by atoms with van der Waals surface area (Å²) < 4.78 is 16.8. The van der Waals surface area contributed by atoms with E-state index in [0.29, 0.717) is 6.61 Å². The highest BCUT2D eigenvalue weighted by molar-refractivity contribution is 5.83. The van der Waals surface area contributed by atoms with Gasteiger partial charge in [0.2, 0.25) is 5.88 Å². The van der Waals surface area contributed by atoms with Crippen LogP contribution in [0.3, 0.4) is 0 Å². The van der Waals surface area contributed by atoms with Crippen molar-refractivity contribution in [3.63, 3.8) is 0 Å². The molecule has 1 aliphatic rings. The Labute approximate surface area is 172 Å². The quantitative estimate of drug-likeness (QED) is 0.627. The highest BCUT2D eigenvalue weighted by Gasteiger charge is 2.18. The summed E-state index contributed by atoms with van der Waals surface area (Å²) in [4.78, 5) is 7.29. The molecule has 0 aliphatic carbocycles. The molecule has 4 rings (SSSR count). The predicted molar refractivity (Wildman–Crippen MR) is 115 cm³/mol. The highest BCUT2D eigenvalue weighted by atomic mass is 16.5. The second-order valence-electron chi connectivity index (χ2n) is 7.36. The van der Waals surface area contributed by atoms with Gasteiger partial charge in [0.25, 0.3) is 0 Å². The van der Waals surface area contributed by atoms with Gasteiger partial charge in [-0.15, -0.1) is 0 Å². The number of rotatable bonds is 6. The van der Waals surface area contributed by atoms with Gasteiger partial charge in [-0.1, -0.05) is 31.2 Å². The molecule has 0 saturated carbocycles. The van der Waals surface area contributed by atoms with Gasteiger partial charge in [-0.05, 0) is 42.2 Å². The van der Waals surface area contributed by atoms with Crippen molar-refractivity contribution in [2.24, 2.45) is 0 Å². The van der Waals surface area contributed by atoms with Crippen LogP contribution in [0.5, 0.6) is 17.4 Å². The molecule has 0 radical (unpaired) electrons. The van der Waals surface area contributed by atoms with Gasteiger partial charge in [-0.3, -0.25) is 4.90 Å². The van der Waals surface area contributed by atoms with Crippen molar-refractivity contribution in [2.45, 2.75) is 26.3 Å². The van der Waals surface area contributed by atoms with Crippen molar-refractivity contribution in [1.29, 1.82) is 0 Å². The number of hydrogen-bond acceptors (Lipinski definition) is 5. The van der Waals surface area contributed by atoms with Crippen molar-refractivity contribution in [2.75, 3.05) is 33.9 Å². The largest absolute Gasteiger partial charge is 0.493 e. The second-order valence-corrected chi connectivity index (χ2v) is 7.36. The minimum absolute atomic E-state index is 0.658. The van der Waals surface area contributed by atoms with Gasteiger partial charge >= 0.3 is 0 Å². The summed E-state index contributed by atoms with van der Waals surface area (Å²) in [6.07, 6.45) is 1.91. The first-order chi connectivity index (χ1) is 14.2. The lowest BCUT2D eigenvalue weighted by molar-refractivity contribution is 0.225. The SMILES string of the molecule is CCc1cccc2cc3c(nc12)OCCN(CCc1ccc(OC)c(OC)c1)C3. The van der Waals surface area contributed by atoms with E-state index in [1.54, 1.807) is 14.2 Å². The zero-order valence-electron chi connectivity index (χ0n) is 17.4.